The highest BCUT2D eigenvalue weighted by Gasteiger charge is 2.10. The Morgan fingerprint density at radius 3 is 2.96 bits per heavy atom. The van der Waals surface area contributed by atoms with Crippen LogP contribution in [0, 0.1) is 11.8 Å². The second-order valence-electron chi connectivity index (χ2n) is 5.46. The first kappa shape index (κ1) is 15.9. The molecule has 0 bridgehead atoms. The minimum absolute atomic E-state index is 0.273. The van der Waals surface area contributed by atoms with Gasteiger partial charge in [0.25, 0.3) is 0 Å². The number of ether oxygens (including phenoxy) is 2. The summed E-state index contributed by atoms with van der Waals surface area (Å²) in [6.07, 6.45) is 1.10. The summed E-state index contributed by atoms with van der Waals surface area (Å²) >= 11 is 0. The van der Waals surface area contributed by atoms with Crippen molar-refractivity contribution in [3.8, 4) is 17.6 Å². The van der Waals surface area contributed by atoms with Crippen LogP contribution in [0.4, 0.5) is 4.79 Å². The number of alkyl carbamates (subject to hydrolysis) is 1. The quantitative estimate of drug-likeness (QED) is 0.694. The monoisotopic (exact) mass is 321 g/mol. The fourth-order valence-electron chi connectivity index (χ4n) is 2.43. The van der Waals surface area contributed by atoms with Crippen LogP contribution >= 0.6 is 0 Å². The Morgan fingerprint density at radius 2 is 2.08 bits per heavy atom. The molecule has 0 saturated heterocycles. The molecule has 1 amide bonds. The summed E-state index contributed by atoms with van der Waals surface area (Å²) in [5, 5.41) is 2.70. The molecule has 4 heteroatoms. The lowest BCUT2D eigenvalue weighted by Crippen LogP contribution is -2.24. The summed E-state index contributed by atoms with van der Waals surface area (Å²) < 4.78 is 10.6. The average Bonchev–Trinajstić information content (AvgIpc) is 3.08. The lowest BCUT2D eigenvalue weighted by atomic mass is 10.1. The summed E-state index contributed by atoms with van der Waals surface area (Å²) in [5.74, 6) is 7.13. The van der Waals surface area contributed by atoms with E-state index in [1.165, 1.54) is 5.56 Å². The van der Waals surface area contributed by atoms with Crippen LogP contribution in [0.3, 0.4) is 0 Å². The van der Waals surface area contributed by atoms with E-state index < -0.39 is 6.09 Å². The van der Waals surface area contributed by atoms with Gasteiger partial charge in [0.15, 0.2) is 0 Å². The van der Waals surface area contributed by atoms with Gasteiger partial charge in [-0.3, -0.25) is 0 Å². The minimum atomic E-state index is -0.421. The van der Waals surface area contributed by atoms with E-state index in [2.05, 4.69) is 23.2 Å². The third kappa shape index (κ3) is 4.53. The third-order valence-electron chi connectivity index (χ3n) is 3.65. The number of benzene rings is 2. The summed E-state index contributed by atoms with van der Waals surface area (Å²) in [4.78, 5) is 11.6. The molecule has 24 heavy (non-hydrogen) atoms. The maximum atomic E-state index is 11.6. The van der Waals surface area contributed by atoms with E-state index in [0.29, 0.717) is 13.0 Å². The highest BCUT2D eigenvalue weighted by Crippen LogP contribution is 2.25. The van der Waals surface area contributed by atoms with Crippen LogP contribution in [0.25, 0.3) is 0 Å². The van der Waals surface area contributed by atoms with Crippen molar-refractivity contribution in [3.63, 3.8) is 0 Å². The Labute approximate surface area is 141 Å². The van der Waals surface area contributed by atoms with Crippen molar-refractivity contribution in [3.05, 3.63) is 65.2 Å². The number of carbonyl (C=O) groups excluding carboxylic acids is 1. The molecule has 0 fully saturated rings. The van der Waals surface area contributed by atoms with Crippen molar-refractivity contribution in [2.45, 2.75) is 19.4 Å². The van der Waals surface area contributed by atoms with Gasteiger partial charge in [0, 0.05) is 24.9 Å². The molecule has 2 aromatic rings. The third-order valence-corrected chi connectivity index (χ3v) is 3.65. The van der Waals surface area contributed by atoms with E-state index in [9.17, 15) is 4.79 Å². The summed E-state index contributed by atoms with van der Waals surface area (Å²) in [5.41, 5.74) is 3.16. The van der Waals surface area contributed by atoms with E-state index >= 15 is 0 Å². The van der Waals surface area contributed by atoms with Crippen LogP contribution in [-0.4, -0.2) is 19.2 Å². The van der Waals surface area contributed by atoms with Crippen molar-refractivity contribution in [1.29, 1.82) is 0 Å². The molecular formula is C20H19NO3. The molecule has 122 valence electrons. The largest absolute Gasteiger partial charge is 0.493 e. The topological polar surface area (TPSA) is 47.6 Å². The maximum absolute atomic E-state index is 11.6. The fourth-order valence-corrected chi connectivity index (χ4v) is 2.43. The van der Waals surface area contributed by atoms with Crippen LogP contribution in [0.15, 0.2) is 48.5 Å². The molecule has 0 radical (unpaired) electrons. The van der Waals surface area contributed by atoms with Crippen LogP contribution in [0.5, 0.6) is 5.75 Å². The molecule has 1 aliphatic heterocycles. The fraction of sp³-hybridized carbons (Fsp3) is 0.250. The predicted octanol–water partition coefficient (Wildman–Crippen LogP) is 3.29. The molecule has 1 heterocycles. The summed E-state index contributed by atoms with van der Waals surface area (Å²) in [7, 11) is 0. The zero-order valence-electron chi connectivity index (χ0n) is 13.4. The minimum Gasteiger partial charge on any atom is -0.493 e. The second-order valence-corrected chi connectivity index (χ2v) is 5.46. The van der Waals surface area contributed by atoms with Gasteiger partial charge in [0.1, 0.15) is 12.4 Å². The van der Waals surface area contributed by atoms with Gasteiger partial charge in [-0.05, 0) is 29.3 Å². The number of amides is 1. The predicted molar refractivity (Wildman–Crippen MR) is 91.8 cm³/mol. The van der Waals surface area contributed by atoms with Crippen LogP contribution < -0.4 is 10.1 Å². The summed E-state index contributed by atoms with van der Waals surface area (Å²) in [6, 6.07) is 15.6. The molecule has 1 N–H and O–H groups in total. The Bertz CT molecular complexity index is 759. The standard InChI is InChI=1S/C20H19NO3/c22-20(24-15-17-7-2-1-3-8-17)21-12-5-4-6-16-9-10-19-18(14-16)11-13-23-19/h1-3,7-10,14H,5,11-13,15H2,(H,21,22). The molecule has 0 atom stereocenters. The number of hydrogen-bond acceptors (Lipinski definition) is 3. The van der Waals surface area contributed by atoms with Gasteiger partial charge in [-0.1, -0.05) is 42.2 Å². The Kier molecular flexibility index (Phi) is 5.36. The van der Waals surface area contributed by atoms with Crippen molar-refractivity contribution >= 4 is 6.09 Å². The first-order valence-corrected chi connectivity index (χ1v) is 8.00. The van der Waals surface area contributed by atoms with E-state index in [1.807, 2.05) is 42.5 Å². The second kappa shape index (κ2) is 8.07. The van der Waals surface area contributed by atoms with Crippen LogP contribution in [0.2, 0.25) is 0 Å². The Morgan fingerprint density at radius 1 is 1.21 bits per heavy atom. The molecule has 0 aliphatic carbocycles. The van der Waals surface area contributed by atoms with Gasteiger partial charge >= 0.3 is 6.09 Å². The van der Waals surface area contributed by atoms with Gasteiger partial charge in [0.2, 0.25) is 0 Å². The van der Waals surface area contributed by atoms with Gasteiger partial charge in [-0.25, -0.2) is 4.79 Å². The van der Waals surface area contributed by atoms with Crippen molar-refractivity contribution < 1.29 is 14.3 Å². The van der Waals surface area contributed by atoms with E-state index in [0.717, 1.165) is 29.9 Å². The Hall–Kier alpha value is -2.93. The molecule has 0 unspecified atom stereocenters. The highest BCUT2D eigenvalue weighted by molar-refractivity contribution is 5.67. The highest BCUT2D eigenvalue weighted by atomic mass is 16.5. The maximum Gasteiger partial charge on any atom is 0.407 e. The zero-order chi connectivity index (χ0) is 16.6. The van der Waals surface area contributed by atoms with Gasteiger partial charge in [0.05, 0.1) is 6.61 Å². The number of fused-ring (bicyclic) bond motifs is 1. The van der Waals surface area contributed by atoms with Gasteiger partial charge in [-0.2, -0.15) is 0 Å². The number of rotatable bonds is 4. The normalized spacial score (nSPS) is 11.7. The molecule has 0 aromatic heterocycles. The SMILES string of the molecule is O=C(NCCC#Cc1ccc2c(c1)CCO2)OCc1ccccc1. The van der Waals surface area contributed by atoms with Crippen molar-refractivity contribution in [1.82, 2.24) is 5.32 Å². The zero-order valence-corrected chi connectivity index (χ0v) is 13.4. The van der Waals surface area contributed by atoms with Gasteiger partial charge in [-0.15, -0.1) is 0 Å². The molecule has 1 aliphatic rings. The smallest absolute Gasteiger partial charge is 0.407 e. The van der Waals surface area contributed by atoms with E-state index in [-0.39, 0.29) is 6.61 Å². The van der Waals surface area contributed by atoms with Crippen molar-refractivity contribution in [2.75, 3.05) is 13.2 Å². The molecular weight excluding hydrogens is 302 g/mol. The molecule has 0 spiro atoms. The average molecular weight is 321 g/mol. The molecule has 3 rings (SSSR count). The lowest BCUT2D eigenvalue weighted by Gasteiger charge is -2.05. The van der Waals surface area contributed by atoms with Gasteiger partial charge < -0.3 is 14.8 Å². The summed E-state index contributed by atoms with van der Waals surface area (Å²) in [6.45, 7) is 1.49. The van der Waals surface area contributed by atoms with Crippen molar-refractivity contribution in [2.24, 2.45) is 0 Å². The van der Waals surface area contributed by atoms with Crippen LogP contribution in [-0.2, 0) is 17.8 Å². The van der Waals surface area contributed by atoms with Crippen LogP contribution in [0.1, 0.15) is 23.1 Å². The number of carbonyl (C=O) groups is 1. The molecule has 0 saturated carbocycles. The lowest BCUT2D eigenvalue weighted by molar-refractivity contribution is 0.140. The molecule has 2 aromatic carbocycles. The first-order chi connectivity index (χ1) is 11.8. The van der Waals surface area contributed by atoms with E-state index in [4.69, 9.17) is 9.47 Å². The first-order valence-electron chi connectivity index (χ1n) is 8.00. The number of hydrogen-bond donors (Lipinski definition) is 1. The van der Waals surface area contributed by atoms with E-state index in [1.54, 1.807) is 0 Å². The molecule has 4 nitrogen and oxygen atoms in total. The number of nitrogens with one attached hydrogen (secondary N) is 1. The Balaban J connectivity index is 1.37.